The van der Waals surface area contributed by atoms with Gasteiger partial charge in [0.1, 0.15) is 11.5 Å². The molecule has 0 bridgehead atoms. The van der Waals surface area contributed by atoms with Crippen LogP contribution in [0.5, 0.6) is 11.5 Å². The Morgan fingerprint density at radius 2 is 1.35 bits per heavy atom. The van der Waals surface area contributed by atoms with Crippen molar-refractivity contribution in [3.05, 3.63) is 71.8 Å². The Morgan fingerprint density at radius 3 is 1.70 bits per heavy atom. The van der Waals surface area contributed by atoms with Gasteiger partial charge in [0.15, 0.2) is 0 Å². The van der Waals surface area contributed by atoms with Crippen LogP contribution in [0.15, 0.2) is 49.6 Å². The standard InChI is InChI=1S/C21H24O2/c1-5-12-21(4,17-8-10-19(22)15(6-2)13-17)18-9-11-20(23)16(7-3)14-18/h6-11,13-14,22-23H,2-3,5,12H2,1,4H3. The van der Waals surface area contributed by atoms with Crippen LogP contribution in [0.4, 0.5) is 0 Å². The van der Waals surface area contributed by atoms with E-state index in [1.165, 1.54) is 0 Å². The second-order valence-electron chi connectivity index (χ2n) is 6.04. The third-order valence-corrected chi connectivity index (χ3v) is 4.52. The van der Waals surface area contributed by atoms with E-state index < -0.39 is 0 Å². The summed E-state index contributed by atoms with van der Waals surface area (Å²) < 4.78 is 0. The van der Waals surface area contributed by atoms with E-state index in [1.54, 1.807) is 24.3 Å². The highest BCUT2D eigenvalue weighted by Gasteiger charge is 2.29. The smallest absolute Gasteiger partial charge is 0.122 e. The van der Waals surface area contributed by atoms with Crippen molar-refractivity contribution in [2.24, 2.45) is 0 Å². The molecule has 0 saturated carbocycles. The van der Waals surface area contributed by atoms with Crippen molar-refractivity contribution in [2.45, 2.75) is 32.1 Å². The van der Waals surface area contributed by atoms with Gasteiger partial charge in [0.25, 0.3) is 0 Å². The molecule has 0 aliphatic heterocycles. The van der Waals surface area contributed by atoms with Crippen LogP contribution in [-0.2, 0) is 5.41 Å². The zero-order valence-corrected chi connectivity index (χ0v) is 13.8. The van der Waals surface area contributed by atoms with Gasteiger partial charge in [0.05, 0.1) is 0 Å². The first-order valence-electron chi connectivity index (χ1n) is 7.88. The quantitative estimate of drug-likeness (QED) is 0.740. The Labute approximate surface area is 138 Å². The minimum absolute atomic E-state index is 0.217. The Morgan fingerprint density at radius 1 is 0.913 bits per heavy atom. The number of hydrogen-bond donors (Lipinski definition) is 2. The van der Waals surface area contributed by atoms with Crippen molar-refractivity contribution >= 4 is 12.2 Å². The van der Waals surface area contributed by atoms with Gasteiger partial charge in [-0.05, 0) is 41.8 Å². The van der Waals surface area contributed by atoms with E-state index in [1.807, 2.05) is 24.3 Å². The van der Waals surface area contributed by atoms with Gasteiger partial charge in [-0.3, -0.25) is 0 Å². The van der Waals surface area contributed by atoms with Crippen LogP contribution in [0.3, 0.4) is 0 Å². The van der Waals surface area contributed by atoms with Crippen LogP contribution < -0.4 is 0 Å². The molecule has 0 aromatic heterocycles. The summed E-state index contributed by atoms with van der Waals surface area (Å²) in [6.07, 6.45) is 5.30. The molecule has 0 atom stereocenters. The molecule has 0 unspecified atom stereocenters. The molecule has 23 heavy (non-hydrogen) atoms. The molecule has 2 heteroatoms. The highest BCUT2D eigenvalue weighted by atomic mass is 16.3. The lowest BCUT2D eigenvalue weighted by Crippen LogP contribution is -2.23. The maximum atomic E-state index is 9.90. The van der Waals surface area contributed by atoms with Gasteiger partial charge in [0.2, 0.25) is 0 Å². The van der Waals surface area contributed by atoms with Gasteiger partial charge < -0.3 is 10.2 Å². The molecule has 2 nitrogen and oxygen atoms in total. The van der Waals surface area contributed by atoms with Crippen LogP contribution in [0.25, 0.3) is 12.2 Å². The molecule has 0 radical (unpaired) electrons. The van der Waals surface area contributed by atoms with Crippen LogP contribution >= 0.6 is 0 Å². The Bertz CT molecular complexity index is 671. The van der Waals surface area contributed by atoms with Gasteiger partial charge in [-0.15, -0.1) is 0 Å². The lowest BCUT2D eigenvalue weighted by Gasteiger charge is -2.31. The minimum Gasteiger partial charge on any atom is -0.507 e. The van der Waals surface area contributed by atoms with E-state index in [0.717, 1.165) is 35.1 Å². The number of phenolic OH excluding ortho intramolecular Hbond substituents is 2. The highest BCUT2D eigenvalue weighted by Crippen LogP contribution is 2.39. The van der Waals surface area contributed by atoms with E-state index in [9.17, 15) is 10.2 Å². The summed E-state index contributed by atoms with van der Waals surface area (Å²) in [5, 5.41) is 19.8. The molecule has 2 rings (SSSR count). The Kier molecular flexibility index (Phi) is 4.95. The van der Waals surface area contributed by atoms with E-state index >= 15 is 0 Å². The van der Waals surface area contributed by atoms with Crippen molar-refractivity contribution in [1.29, 1.82) is 0 Å². The molecule has 0 aliphatic carbocycles. The van der Waals surface area contributed by atoms with Crippen molar-refractivity contribution < 1.29 is 10.2 Å². The van der Waals surface area contributed by atoms with Crippen molar-refractivity contribution in [1.82, 2.24) is 0 Å². The molecule has 2 aromatic carbocycles. The molecule has 120 valence electrons. The molecule has 0 saturated heterocycles. The average Bonchev–Trinajstić information content (AvgIpc) is 2.55. The molecule has 2 N–H and O–H groups in total. The number of rotatable bonds is 6. The van der Waals surface area contributed by atoms with Crippen LogP contribution in [0.2, 0.25) is 0 Å². The number of phenols is 2. The third-order valence-electron chi connectivity index (χ3n) is 4.52. The summed E-state index contributed by atoms with van der Waals surface area (Å²) in [5.74, 6) is 0.472. The molecule has 0 amide bonds. The Hall–Kier alpha value is -2.48. The van der Waals surface area contributed by atoms with Gasteiger partial charge in [-0.2, -0.15) is 0 Å². The van der Waals surface area contributed by atoms with Gasteiger partial charge in [0, 0.05) is 16.5 Å². The van der Waals surface area contributed by atoms with Crippen molar-refractivity contribution in [3.63, 3.8) is 0 Å². The van der Waals surface area contributed by atoms with E-state index in [2.05, 4.69) is 27.0 Å². The monoisotopic (exact) mass is 308 g/mol. The number of aromatic hydroxyl groups is 2. The zero-order valence-electron chi connectivity index (χ0n) is 13.8. The second-order valence-corrected chi connectivity index (χ2v) is 6.04. The van der Waals surface area contributed by atoms with Crippen molar-refractivity contribution in [2.75, 3.05) is 0 Å². The van der Waals surface area contributed by atoms with Gasteiger partial charge >= 0.3 is 0 Å². The molecule has 0 spiro atoms. The molecule has 0 heterocycles. The maximum absolute atomic E-state index is 9.90. The maximum Gasteiger partial charge on any atom is 0.122 e. The highest BCUT2D eigenvalue weighted by molar-refractivity contribution is 5.60. The summed E-state index contributed by atoms with van der Waals surface area (Å²) in [7, 11) is 0. The van der Waals surface area contributed by atoms with E-state index in [0.29, 0.717) is 0 Å². The number of hydrogen-bond acceptors (Lipinski definition) is 2. The van der Waals surface area contributed by atoms with E-state index in [-0.39, 0.29) is 16.9 Å². The summed E-state index contributed by atoms with van der Waals surface area (Å²) >= 11 is 0. The van der Waals surface area contributed by atoms with Gasteiger partial charge in [-0.25, -0.2) is 0 Å². The lowest BCUT2D eigenvalue weighted by atomic mass is 9.72. The summed E-state index contributed by atoms with van der Waals surface area (Å²) in [6, 6.07) is 11.3. The molecule has 0 fully saturated rings. The zero-order chi connectivity index (χ0) is 17.0. The first kappa shape index (κ1) is 16.9. The fraction of sp³-hybridized carbons (Fsp3) is 0.238. The van der Waals surface area contributed by atoms with Crippen molar-refractivity contribution in [3.8, 4) is 11.5 Å². The first-order valence-corrected chi connectivity index (χ1v) is 7.88. The predicted molar refractivity (Wildman–Crippen MR) is 97.8 cm³/mol. The average molecular weight is 308 g/mol. The Balaban J connectivity index is 2.63. The van der Waals surface area contributed by atoms with E-state index in [4.69, 9.17) is 0 Å². The van der Waals surface area contributed by atoms with Crippen LogP contribution in [-0.4, -0.2) is 10.2 Å². The molecule has 2 aromatic rings. The van der Waals surface area contributed by atoms with Gasteiger partial charge in [-0.1, -0.05) is 57.7 Å². The topological polar surface area (TPSA) is 40.5 Å². The fourth-order valence-corrected chi connectivity index (χ4v) is 3.08. The lowest BCUT2D eigenvalue weighted by molar-refractivity contribution is 0.468. The molecule has 0 aliphatic rings. The summed E-state index contributed by atoms with van der Waals surface area (Å²) in [4.78, 5) is 0. The predicted octanol–water partition coefficient (Wildman–Crippen LogP) is 5.49. The van der Waals surface area contributed by atoms with Crippen LogP contribution in [0, 0.1) is 0 Å². The SMILES string of the molecule is C=Cc1cc(C(C)(CCC)c2ccc(O)c(C=C)c2)ccc1O. The minimum atomic E-state index is -0.217. The second kappa shape index (κ2) is 6.74. The number of benzene rings is 2. The fourth-order valence-electron chi connectivity index (χ4n) is 3.08. The van der Waals surface area contributed by atoms with Crippen LogP contribution in [0.1, 0.15) is 48.9 Å². The summed E-state index contributed by atoms with van der Waals surface area (Å²) in [5.41, 5.74) is 3.48. The normalized spacial score (nSPS) is 11.2. The molecular weight excluding hydrogens is 284 g/mol. The molecular formula is C21H24O2. The first-order chi connectivity index (χ1) is 11.0. The largest absolute Gasteiger partial charge is 0.507 e. The third kappa shape index (κ3) is 3.16. The summed E-state index contributed by atoms with van der Waals surface area (Å²) in [6.45, 7) is 11.9.